The molecule has 0 aromatic rings. The third-order valence-electron chi connectivity index (χ3n) is 6.50. The zero-order chi connectivity index (χ0) is 18.5. The molecule has 3 atom stereocenters. The zero-order valence-corrected chi connectivity index (χ0v) is 17.2. The van der Waals surface area contributed by atoms with Gasteiger partial charge < -0.3 is 14.5 Å². The van der Waals surface area contributed by atoms with E-state index in [-0.39, 0.29) is 24.2 Å². The minimum Gasteiger partial charge on any atom is -0.372 e. The lowest BCUT2D eigenvalue weighted by Gasteiger charge is -2.41. The predicted molar refractivity (Wildman–Crippen MR) is 105 cm³/mol. The number of carbonyl (C=O) groups excluding carboxylic acids is 1. The van der Waals surface area contributed by atoms with Crippen LogP contribution in [0.1, 0.15) is 59.3 Å². The Hall–Kier alpha value is -0.650. The first-order valence-corrected chi connectivity index (χ1v) is 10.9. The molecule has 0 aliphatic carbocycles. The molecule has 3 heterocycles. The van der Waals surface area contributed by atoms with Crippen LogP contribution in [0.3, 0.4) is 0 Å². The van der Waals surface area contributed by atoms with Crippen molar-refractivity contribution in [1.82, 2.24) is 14.7 Å². The molecule has 1 amide bonds. The number of likely N-dealkylation sites (tertiary alicyclic amines) is 2. The van der Waals surface area contributed by atoms with E-state index in [1.54, 1.807) is 0 Å². The van der Waals surface area contributed by atoms with Gasteiger partial charge in [0.05, 0.1) is 18.2 Å². The summed E-state index contributed by atoms with van der Waals surface area (Å²) in [6.07, 6.45) is 8.35. The van der Waals surface area contributed by atoms with E-state index in [1.165, 1.54) is 58.2 Å². The molecule has 26 heavy (non-hydrogen) atoms. The number of ether oxygens (including phenoxy) is 1. The summed E-state index contributed by atoms with van der Waals surface area (Å²) in [4.78, 5) is 20.1. The summed E-state index contributed by atoms with van der Waals surface area (Å²) in [5, 5.41) is 0. The molecule has 3 fully saturated rings. The Morgan fingerprint density at radius 3 is 2.12 bits per heavy atom. The molecule has 0 aromatic heterocycles. The van der Waals surface area contributed by atoms with Gasteiger partial charge >= 0.3 is 0 Å². The normalized spacial score (nSPS) is 31.6. The molecule has 3 aliphatic heterocycles. The maximum Gasteiger partial charge on any atom is 0.239 e. The Morgan fingerprint density at radius 2 is 1.54 bits per heavy atom. The summed E-state index contributed by atoms with van der Waals surface area (Å²) < 4.78 is 5.77. The van der Waals surface area contributed by atoms with Crippen LogP contribution in [0.2, 0.25) is 0 Å². The summed E-state index contributed by atoms with van der Waals surface area (Å²) >= 11 is 0. The number of morpholine rings is 1. The van der Waals surface area contributed by atoms with Gasteiger partial charge in [-0.25, -0.2) is 0 Å². The van der Waals surface area contributed by atoms with Crippen molar-refractivity contribution in [2.75, 3.05) is 45.8 Å². The second-order valence-corrected chi connectivity index (χ2v) is 8.87. The van der Waals surface area contributed by atoms with Gasteiger partial charge in [0.1, 0.15) is 0 Å². The lowest BCUT2D eigenvalue weighted by atomic mass is 9.95. The summed E-state index contributed by atoms with van der Waals surface area (Å²) in [7, 11) is 0. The zero-order valence-electron chi connectivity index (χ0n) is 17.2. The van der Waals surface area contributed by atoms with E-state index in [9.17, 15) is 4.79 Å². The van der Waals surface area contributed by atoms with Gasteiger partial charge in [0, 0.05) is 19.6 Å². The van der Waals surface area contributed by atoms with E-state index in [0.29, 0.717) is 0 Å². The monoisotopic (exact) mass is 365 g/mol. The first-order valence-electron chi connectivity index (χ1n) is 10.9. The lowest BCUT2D eigenvalue weighted by molar-refractivity contribution is -0.148. The second-order valence-electron chi connectivity index (χ2n) is 8.87. The van der Waals surface area contributed by atoms with Gasteiger partial charge in [-0.15, -0.1) is 0 Å². The molecule has 150 valence electrons. The van der Waals surface area contributed by atoms with Gasteiger partial charge in [0.25, 0.3) is 0 Å². The van der Waals surface area contributed by atoms with E-state index < -0.39 is 0 Å². The van der Waals surface area contributed by atoms with E-state index >= 15 is 0 Å². The van der Waals surface area contributed by atoms with Crippen molar-refractivity contribution in [3.05, 3.63) is 0 Å². The SMILES string of the molecule is CC1CN(C(=O)C(C)N2CCC(CN3CCCCCC3)CC2)CC(C)O1. The van der Waals surface area contributed by atoms with Crippen molar-refractivity contribution in [3.63, 3.8) is 0 Å². The smallest absolute Gasteiger partial charge is 0.239 e. The molecule has 3 rings (SSSR count). The molecule has 0 N–H and O–H groups in total. The molecule has 5 heteroatoms. The first kappa shape index (κ1) is 20.1. The molecule has 3 unspecified atom stereocenters. The van der Waals surface area contributed by atoms with Gasteiger partial charge in [-0.05, 0) is 78.6 Å². The Labute approximate surface area is 160 Å². The minimum absolute atomic E-state index is 0.00615. The van der Waals surface area contributed by atoms with Crippen LogP contribution in [0.15, 0.2) is 0 Å². The van der Waals surface area contributed by atoms with Crippen LogP contribution in [0, 0.1) is 5.92 Å². The Morgan fingerprint density at radius 1 is 0.962 bits per heavy atom. The van der Waals surface area contributed by atoms with Crippen molar-refractivity contribution >= 4 is 5.91 Å². The largest absolute Gasteiger partial charge is 0.372 e. The Kier molecular flexibility index (Phi) is 7.35. The number of hydrogen-bond donors (Lipinski definition) is 0. The van der Waals surface area contributed by atoms with Gasteiger partial charge in [-0.1, -0.05) is 12.8 Å². The third-order valence-corrected chi connectivity index (χ3v) is 6.50. The summed E-state index contributed by atoms with van der Waals surface area (Å²) in [5.74, 6) is 1.10. The molecule has 0 bridgehead atoms. The van der Waals surface area contributed by atoms with E-state index in [0.717, 1.165) is 32.1 Å². The van der Waals surface area contributed by atoms with E-state index in [1.807, 2.05) is 4.90 Å². The molecule has 0 spiro atoms. The van der Waals surface area contributed by atoms with Crippen molar-refractivity contribution in [2.24, 2.45) is 5.92 Å². The Balaban J connectivity index is 1.44. The number of hydrogen-bond acceptors (Lipinski definition) is 4. The molecule has 0 radical (unpaired) electrons. The van der Waals surface area contributed by atoms with Gasteiger partial charge in [0.2, 0.25) is 5.91 Å². The maximum atomic E-state index is 12.9. The van der Waals surface area contributed by atoms with Crippen LogP contribution >= 0.6 is 0 Å². The predicted octanol–water partition coefficient (Wildman–Crippen LogP) is 2.60. The fraction of sp³-hybridized carbons (Fsp3) is 0.952. The summed E-state index contributed by atoms with van der Waals surface area (Å²) in [6, 6.07) is 0.00615. The van der Waals surface area contributed by atoms with Crippen molar-refractivity contribution < 1.29 is 9.53 Å². The van der Waals surface area contributed by atoms with Crippen LogP contribution in [0.4, 0.5) is 0 Å². The topological polar surface area (TPSA) is 36.0 Å². The summed E-state index contributed by atoms with van der Waals surface area (Å²) in [6.45, 7) is 13.7. The van der Waals surface area contributed by atoms with Crippen LogP contribution in [-0.4, -0.2) is 84.7 Å². The molecule has 0 aromatic carbocycles. The van der Waals surface area contributed by atoms with E-state index in [4.69, 9.17) is 4.74 Å². The van der Waals surface area contributed by atoms with Crippen LogP contribution in [0.5, 0.6) is 0 Å². The number of rotatable bonds is 4. The lowest BCUT2D eigenvalue weighted by Crippen LogP contribution is -2.55. The average Bonchev–Trinajstić information content (AvgIpc) is 2.89. The molecule has 0 saturated carbocycles. The quantitative estimate of drug-likeness (QED) is 0.767. The fourth-order valence-corrected chi connectivity index (χ4v) is 4.98. The number of carbonyl (C=O) groups is 1. The minimum atomic E-state index is 0.00615. The first-order chi connectivity index (χ1) is 12.5. The maximum absolute atomic E-state index is 12.9. The molecule has 3 aliphatic rings. The number of piperidine rings is 1. The highest BCUT2D eigenvalue weighted by atomic mass is 16.5. The summed E-state index contributed by atoms with van der Waals surface area (Å²) in [5.41, 5.74) is 0. The van der Waals surface area contributed by atoms with Crippen molar-refractivity contribution in [1.29, 1.82) is 0 Å². The molecular formula is C21H39N3O2. The average molecular weight is 366 g/mol. The number of amides is 1. The fourth-order valence-electron chi connectivity index (χ4n) is 4.98. The second kappa shape index (κ2) is 9.52. The standard InChI is InChI=1S/C21H39N3O2/c1-17-14-24(15-18(2)26-17)21(25)19(3)23-12-8-20(9-13-23)16-22-10-6-4-5-7-11-22/h17-20H,4-16H2,1-3H3. The van der Waals surface area contributed by atoms with Crippen LogP contribution < -0.4 is 0 Å². The van der Waals surface area contributed by atoms with Gasteiger partial charge in [0.15, 0.2) is 0 Å². The molecule has 5 nitrogen and oxygen atoms in total. The highest BCUT2D eigenvalue weighted by Crippen LogP contribution is 2.23. The third kappa shape index (κ3) is 5.43. The van der Waals surface area contributed by atoms with Gasteiger partial charge in [-0.3, -0.25) is 9.69 Å². The highest BCUT2D eigenvalue weighted by molar-refractivity contribution is 5.81. The van der Waals surface area contributed by atoms with Gasteiger partial charge in [-0.2, -0.15) is 0 Å². The highest BCUT2D eigenvalue weighted by Gasteiger charge is 2.33. The van der Waals surface area contributed by atoms with Crippen LogP contribution in [-0.2, 0) is 9.53 Å². The van der Waals surface area contributed by atoms with Crippen molar-refractivity contribution in [3.8, 4) is 0 Å². The van der Waals surface area contributed by atoms with Crippen molar-refractivity contribution in [2.45, 2.75) is 77.5 Å². The molecule has 3 saturated heterocycles. The van der Waals surface area contributed by atoms with Crippen LogP contribution in [0.25, 0.3) is 0 Å². The number of nitrogens with zero attached hydrogens (tertiary/aromatic N) is 3. The molecular weight excluding hydrogens is 326 g/mol. The van der Waals surface area contributed by atoms with E-state index in [2.05, 4.69) is 30.6 Å². The Bertz CT molecular complexity index is 433.